The van der Waals surface area contributed by atoms with Crippen LogP contribution in [0.5, 0.6) is 11.5 Å². The molecule has 3 aromatic rings. The summed E-state index contributed by atoms with van der Waals surface area (Å²) in [5.74, 6) is 0.859. The molecule has 4 rings (SSSR count). The number of fused-ring (bicyclic) bond motifs is 1. The molecule has 6 heteroatoms. The van der Waals surface area contributed by atoms with Gasteiger partial charge in [0, 0.05) is 22.6 Å². The molecule has 0 saturated carbocycles. The Bertz CT molecular complexity index is 1110. The van der Waals surface area contributed by atoms with Gasteiger partial charge in [-0.2, -0.15) is 5.10 Å². The molecular formula is C24H25N3O3. The van der Waals surface area contributed by atoms with E-state index in [-0.39, 0.29) is 12.5 Å². The van der Waals surface area contributed by atoms with Gasteiger partial charge in [-0.05, 0) is 69.2 Å². The van der Waals surface area contributed by atoms with Gasteiger partial charge < -0.3 is 14.0 Å². The number of hydrazone groups is 1. The quantitative estimate of drug-likeness (QED) is 0.529. The molecule has 154 valence electrons. The molecule has 1 atom stereocenters. The van der Waals surface area contributed by atoms with Gasteiger partial charge in [-0.15, -0.1) is 0 Å². The van der Waals surface area contributed by atoms with Crippen molar-refractivity contribution in [2.45, 2.75) is 33.8 Å². The molecule has 0 unspecified atom stereocenters. The maximum absolute atomic E-state index is 12.4. The number of hydrogen-bond donors (Lipinski definition) is 1. The first-order chi connectivity index (χ1) is 14.4. The smallest absolute Gasteiger partial charge is 0.284 e. The monoisotopic (exact) mass is 403 g/mol. The summed E-state index contributed by atoms with van der Waals surface area (Å²) in [5, 5.41) is 4.14. The van der Waals surface area contributed by atoms with Crippen LogP contribution in [0.2, 0.25) is 0 Å². The van der Waals surface area contributed by atoms with Crippen molar-refractivity contribution in [3.05, 3.63) is 76.6 Å². The molecule has 0 radical (unpaired) electrons. The normalized spacial score (nSPS) is 15.4. The van der Waals surface area contributed by atoms with Crippen LogP contribution >= 0.6 is 0 Å². The maximum atomic E-state index is 12.4. The zero-order valence-corrected chi connectivity index (χ0v) is 17.6. The van der Waals surface area contributed by atoms with Crippen LogP contribution in [0, 0.1) is 27.7 Å². The molecule has 0 aliphatic carbocycles. The summed E-state index contributed by atoms with van der Waals surface area (Å²) in [6, 6.07) is 15.8. The number of hydrogen-bond acceptors (Lipinski definition) is 4. The first-order valence-corrected chi connectivity index (χ1v) is 9.91. The number of carbonyl (C=O) groups is 1. The molecule has 0 fully saturated rings. The van der Waals surface area contributed by atoms with Gasteiger partial charge in [0.25, 0.3) is 5.91 Å². The van der Waals surface area contributed by atoms with Gasteiger partial charge in [0.1, 0.15) is 6.61 Å². The minimum Gasteiger partial charge on any atom is -0.485 e. The second-order valence-corrected chi connectivity index (χ2v) is 7.61. The van der Waals surface area contributed by atoms with Crippen LogP contribution in [0.25, 0.3) is 5.69 Å². The third-order valence-electron chi connectivity index (χ3n) is 5.11. The van der Waals surface area contributed by atoms with E-state index in [1.807, 2.05) is 25.1 Å². The van der Waals surface area contributed by atoms with Gasteiger partial charge in [0.15, 0.2) is 11.5 Å². The highest BCUT2D eigenvalue weighted by Gasteiger charge is 2.27. The lowest BCUT2D eigenvalue weighted by molar-refractivity contribution is -0.130. The van der Waals surface area contributed by atoms with Crippen molar-refractivity contribution in [3.8, 4) is 17.2 Å². The van der Waals surface area contributed by atoms with Crippen LogP contribution in [0.1, 0.15) is 28.1 Å². The molecule has 1 aromatic heterocycles. The van der Waals surface area contributed by atoms with Gasteiger partial charge in [-0.25, -0.2) is 5.43 Å². The highest BCUT2D eigenvalue weighted by Crippen LogP contribution is 2.30. The highest BCUT2D eigenvalue weighted by atomic mass is 16.6. The van der Waals surface area contributed by atoms with Crippen LogP contribution in [-0.4, -0.2) is 29.4 Å². The molecule has 1 N–H and O–H groups in total. The Kier molecular flexibility index (Phi) is 5.31. The zero-order valence-electron chi connectivity index (χ0n) is 17.6. The van der Waals surface area contributed by atoms with E-state index in [1.165, 1.54) is 11.1 Å². The summed E-state index contributed by atoms with van der Waals surface area (Å²) >= 11 is 0. The van der Waals surface area contributed by atoms with E-state index in [0.717, 1.165) is 22.6 Å². The number of aryl methyl sites for hydroxylation is 3. The van der Waals surface area contributed by atoms with E-state index >= 15 is 0 Å². The Labute approximate surface area is 176 Å². The molecule has 1 aliphatic heterocycles. The fraction of sp³-hybridized carbons (Fsp3) is 0.250. The summed E-state index contributed by atoms with van der Waals surface area (Å²) in [6.07, 6.45) is 0.927. The van der Waals surface area contributed by atoms with Crippen molar-refractivity contribution in [3.63, 3.8) is 0 Å². The Morgan fingerprint density at radius 2 is 1.77 bits per heavy atom. The summed E-state index contributed by atoms with van der Waals surface area (Å²) in [6.45, 7) is 8.45. The molecule has 6 nitrogen and oxygen atoms in total. The minimum atomic E-state index is -0.736. The van der Waals surface area contributed by atoms with Crippen molar-refractivity contribution < 1.29 is 14.3 Å². The molecular weight excluding hydrogens is 378 g/mol. The lowest BCUT2D eigenvalue weighted by atomic mass is 10.1. The fourth-order valence-corrected chi connectivity index (χ4v) is 3.78. The number of carbonyl (C=O) groups excluding carboxylic acids is 1. The summed E-state index contributed by atoms with van der Waals surface area (Å²) < 4.78 is 13.5. The second kappa shape index (κ2) is 8.06. The summed E-state index contributed by atoms with van der Waals surface area (Å²) in [4.78, 5) is 12.4. The minimum absolute atomic E-state index is 0.152. The molecule has 2 heterocycles. The van der Waals surface area contributed by atoms with Crippen LogP contribution < -0.4 is 14.9 Å². The van der Waals surface area contributed by atoms with Crippen LogP contribution in [0.3, 0.4) is 0 Å². The molecule has 30 heavy (non-hydrogen) atoms. The van der Waals surface area contributed by atoms with Crippen LogP contribution in [-0.2, 0) is 4.79 Å². The number of aromatic nitrogens is 1. The van der Waals surface area contributed by atoms with Crippen molar-refractivity contribution in [2.24, 2.45) is 5.10 Å². The number of amides is 1. The fourth-order valence-electron chi connectivity index (χ4n) is 3.78. The van der Waals surface area contributed by atoms with Gasteiger partial charge in [-0.1, -0.05) is 18.2 Å². The predicted octanol–water partition coefficient (Wildman–Crippen LogP) is 4.00. The zero-order chi connectivity index (χ0) is 21.3. The van der Waals surface area contributed by atoms with Crippen molar-refractivity contribution >= 4 is 12.1 Å². The first-order valence-electron chi connectivity index (χ1n) is 9.91. The standard InChI is InChI=1S/C24H25N3O3/c1-15-9-16(2)11-20(10-15)27-17(3)12-19(18(27)4)13-25-26-24(28)23-14-29-21-7-5-6-8-22(21)30-23/h5-13,23H,14H2,1-4H3,(H,26,28)/b25-13-/t23-/m0/s1. The lowest BCUT2D eigenvalue weighted by Crippen LogP contribution is -2.42. The highest BCUT2D eigenvalue weighted by molar-refractivity contribution is 5.86. The Balaban J connectivity index is 1.47. The van der Waals surface area contributed by atoms with Crippen molar-refractivity contribution in [1.82, 2.24) is 9.99 Å². The number of para-hydroxylation sites is 2. The van der Waals surface area contributed by atoms with Crippen LogP contribution in [0.4, 0.5) is 0 Å². The average Bonchev–Trinajstić information content (AvgIpc) is 3.00. The third-order valence-corrected chi connectivity index (χ3v) is 5.11. The van der Waals surface area contributed by atoms with Crippen molar-refractivity contribution in [1.29, 1.82) is 0 Å². The lowest BCUT2D eigenvalue weighted by Gasteiger charge is -2.24. The number of ether oxygens (including phenoxy) is 2. The molecule has 2 aromatic carbocycles. The van der Waals surface area contributed by atoms with E-state index in [2.05, 4.69) is 60.1 Å². The summed E-state index contributed by atoms with van der Waals surface area (Å²) in [7, 11) is 0. The van der Waals surface area contributed by atoms with E-state index in [1.54, 1.807) is 12.3 Å². The number of benzene rings is 2. The van der Waals surface area contributed by atoms with E-state index in [0.29, 0.717) is 11.5 Å². The molecule has 1 aliphatic rings. The van der Waals surface area contributed by atoms with E-state index in [9.17, 15) is 4.79 Å². The van der Waals surface area contributed by atoms with E-state index < -0.39 is 6.10 Å². The van der Waals surface area contributed by atoms with Gasteiger partial charge in [0.05, 0.1) is 6.21 Å². The third kappa shape index (κ3) is 3.94. The first kappa shape index (κ1) is 19.8. The molecule has 0 spiro atoms. The molecule has 0 bridgehead atoms. The number of nitrogens with zero attached hydrogens (tertiary/aromatic N) is 2. The predicted molar refractivity (Wildman–Crippen MR) is 117 cm³/mol. The van der Waals surface area contributed by atoms with Crippen LogP contribution in [0.15, 0.2) is 53.6 Å². The van der Waals surface area contributed by atoms with E-state index in [4.69, 9.17) is 9.47 Å². The largest absolute Gasteiger partial charge is 0.485 e. The summed E-state index contributed by atoms with van der Waals surface area (Å²) in [5.41, 5.74) is 9.22. The SMILES string of the molecule is Cc1cc(C)cc(-n2c(C)cc(/C=N\NC(=O)[C@@H]3COc4ccccc4O3)c2C)c1. The molecule has 1 amide bonds. The topological polar surface area (TPSA) is 64.9 Å². The molecule has 0 saturated heterocycles. The number of nitrogens with one attached hydrogen (secondary N) is 1. The second-order valence-electron chi connectivity index (χ2n) is 7.61. The Hall–Kier alpha value is -3.54. The Morgan fingerprint density at radius 3 is 2.50 bits per heavy atom. The Morgan fingerprint density at radius 1 is 1.07 bits per heavy atom. The van der Waals surface area contributed by atoms with Crippen molar-refractivity contribution in [2.75, 3.05) is 6.61 Å². The average molecular weight is 403 g/mol. The van der Waals surface area contributed by atoms with Gasteiger partial charge in [-0.3, -0.25) is 4.79 Å². The maximum Gasteiger partial charge on any atom is 0.284 e. The van der Waals surface area contributed by atoms with Gasteiger partial charge >= 0.3 is 0 Å². The van der Waals surface area contributed by atoms with Gasteiger partial charge in [0.2, 0.25) is 6.10 Å². The number of rotatable bonds is 4.